The minimum Gasteiger partial charge on any atom is -0.462 e. The van der Waals surface area contributed by atoms with Crippen LogP contribution in [0.25, 0.3) is 0 Å². The van der Waals surface area contributed by atoms with Crippen molar-refractivity contribution >= 4 is 21.7 Å². The molecule has 0 atom stereocenters. The van der Waals surface area contributed by atoms with Crippen LogP contribution in [0, 0.1) is 6.92 Å². The lowest BCUT2D eigenvalue weighted by atomic mass is 10.2. The topological polar surface area (TPSA) is 76.6 Å². The van der Waals surface area contributed by atoms with Gasteiger partial charge in [-0.2, -0.15) is 0 Å². The highest BCUT2D eigenvalue weighted by atomic mass is 32.2. The predicted molar refractivity (Wildman–Crippen MR) is 99.8 cm³/mol. The van der Waals surface area contributed by atoms with E-state index in [4.69, 9.17) is 4.74 Å². The molecule has 1 aromatic heterocycles. The molecule has 7 heteroatoms. The van der Waals surface area contributed by atoms with Gasteiger partial charge in [0.2, 0.25) is 10.0 Å². The highest BCUT2D eigenvalue weighted by molar-refractivity contribution is 7.93. The van der Waals surface area contributed by atoms with E-state index in [0.717, 1.165) is 17.8 Å². The van der Waals surface area contributed by atoms with Crippen LogP contribution < -0.4 is 4.31 Å². The fraction of sp³-hybridized carbons (Fsp3) is 0.368. The molecule has 1 fully saturated rings. The van der Waals surface area contributed by atoms with Crippen LogP contribution in [-0.4, -0.2) is 38.3 Å². The Morgan fingerprint density at radius 3 is 2.77 bits per heavy atom. The quantitative estimate of drug-likeness (QED) is 0.574. The third-order valence-corrected chi connectivity index (χ3v) is 6.10. The summed E-state index contributed by atoms with van der Waals surface area (Å²) in [7, 11) is -3.26. The monoisotopic (exact) mass is 374 g/mol. The van der Waals surface area contributed by atoms with Crippen molar-refractivity contribution in [2.45, 2.75) is 26.2 Å². The van der Waals surface area contributed by atoms with Crippen molar-refractivity contribution in [3.8, 4) is 0 Å². The molecule has 0 radical (unpaired) electrons. The molecule has 6 nitrogen and oxygen atoms in total. The molecule has 2 heterocycles. The van der Waals surface area contributed by atoms with E-state index in [-0.39, 0.29) is 5.75 Å². The van der Waals surface area contributed by atoms with Gasteiger partial charge in [-0.1, -0.05) is 12.1 Å². The Bertz CT molecular complexity index is 896. The maximum absolute atomic E-state index is 12.2. The van der Waals surface area contributed by atoms with Gasteiger partial charge in [0.05, 0.1) is 23.6 Å². The van der Waals surface area contributed by atoms with Gasteiger partial charge >= 0.3 is 5.97 Å². The largest absolute Gasteiger partial charge is 0.462 e. The first-order chi connectivity index (χ1) is 12.5. The van der Waals surface area contributed by atoms with Crippen LogP contribution in [0.5, 0.6) is 0 Å². The number of aromatic nitrogens is 1. The van der Waals surface area contributed by atoms with Gasteiger partial charge in [-0.15, -0.1) is 0 Å². The summed E-state index contributed by atoms with van der Waals surface area (Å²) in [6, 6.07) is 12.4. The number of nitrogens with zero attached hydrogens (tertiary/aromatic N) is 2. The maximum Gasteiger partial charge on any atom is 0.338 e. The smallest absolute Gasteiger partial charge is 0.338 e. The van der Waals surface area contributed by atoms with Crippen molar-refractivity contribution in [1.29, 1.82) is 0 Å². The highest BCUT2D eigenvalue weighted by Crippen LogP contribution is 2.25. The molecule has 138 valence electrons. The van der Waals surface area contributed by atoms with Crippen LogP contribution in [0.3, 0.4) is 0 Å². The van der Waals surface area contributed by atoms with Crippen molar-refractivity contribution in [2.75, 3.05) is 23.2 Å². The van der Waals surface area contributed by atoms with E-state index >= 15 is 0 Å². The summed E-state index contributed by atoms with van der Waals surface area (Å²) in [5.74, 6) is -0.296. The summed E-state index contributed by atoms with van der Waals surface area (Å²) in [6.45, 7) is 2.68. The fourth-order valence-corrected chi connectivity index (χ4v) is 4.51. The number of pyridine rings is 1. The number of hydrogen-bond donors (Lipinski definition) is 0. The molecule has 1 aliphatic heterocycles. The van der Waals surface area contributed by atoms with E-state index in [0.29, 0.717) is 37.2 Å². The van der Waals surface area contributed by atoms with E-state index < -0.39 is 16.0 Å². The number of anilines is 1. The first kappa shape index (κ1) is 18.4. The number of esters is 1. The second-order valence-electron chi connectivity index (χ2n) is 6.30. The molecule has 0 aliphatic carbocycles. The zero-order chi connectivity index (χ0) is 18.6. The Balaban J connectivity index is 1.56. The average Bonchev–Trinajstić information content (AvgIpc) is 2.98. The second kappa shape index (κ2) is 7.86. The highest BCUT2D eigenvalue weighted by Gasteiger charge is 2.28. The summed E-state index contributed by atoms with van der Waals surface area (Å²) < 4.78 is 30.7. The average molecular weight is 374 g/mol. The lowest BCUT2D eigenvalue weighted by Crippen LogP contribution is -2.25. The van der Waals surface area contributed by atoms with Gasteiger partial charge in [0.15, 0.2) is 0 Å². The molecule has 3 rings (SSSR count). The summed E-state index contributed by atoms with van der Waals surface area (Å²) in [4.78, 5) is 16.6. The van der Waals surface area contributed by atoms with Crippen molar-refractivity contribution in [1.82, 2.24) is 4.98 Å². The zero-order valence-corrected chi connectivity index (χ0v) is 15.5. The standard InChI is InChI=1S/C19H22N2O4S/c1-15-6-2-8-17(20-15)9-4-12-25-19(22)16-7-3-10-18(14-16)21-11-5-13-26(21,23)24/h2-3,6-8,10,14H,4-5,9,11-13H2,1H3. The number of aryl methyl sites for hydroxylation is 2. The fourth-order valence-electron chi connectivity index (χ4n) is 2.96. The van der Waals surface area contributed by atoms with Crippen LogP contribution in [0.15, 0.2) is 42.5 Å². The van der Waals surface area contributed by atoms with E-state index in [1.165, 1.54) is 4.31 Å². The molecule has 0 unspecified atom stereocenters. The zero-order valence-electron chi connectivity index (χ0n) is 14.7. The summed E-state index contributed by atoms with van der Waals surface area (Å²) in [6.07, 6.45) is 2.02. The molecule has 0 saturated carbocycles. The molecule has 2 aromatic rings. The number of ether oxygens (including phenoxy) is 1. The van der Waals surface area contributed by atoms with Crippen LogP contribution in [0.1, 0.15) is 34.6 Å². The van der Waals surface area contributed by atoms with Gasteiger partial charge in [0, 0.05) is 17.9 Å². The van der Waals surface area contributed by atoms with Crippen LogP contribution in [0.2, 0.25) is 0 Å². The number of rotatable bonds is 6. The Hall–Kier alpha value is -2.41. The SMILES string of the molecule is Cc1cccc(CCCOC(=O)c2cccc(N3CCCS3(=O)=O)c2)n1. The van der Waals surface area contributed by atoms with E-state index in [9.17, 15) is 13.2 Å². The molecule has 0 N–H and O–H groups in total. The van der Waals surface area contributed by atoms with Gasteiger partial charge in [-0.3, -0.25) is 9.29 Å². The van der Waals surface area contributed by atoms with E-state index in [1.54, 1.807) is 24.3 Å². The van der Waals surface area contributed by atoms with Crippen molar-refractivity contribution < 1.29 is 17.9 Å². The molecule has 1 saturated heterocycles. The number of sulfonamides is 1. The number of carbonyl (C=O) groups is 1. The van der Waals surface area contributed by atoms with Gasteiger partial charge in [0.25, 0.3) is 0 Å². The lowest BCUT2D eigenvalue weighted by molar-refractivity contribution is 0.0500. The van der Waals surface area contributed by atoms with Gasteiger partial charge in [0.1, 0.15) is 0 Å². The normalized spacial score (nSPS) is 15.8. The van der Waals surface area contributed by atoms with E-state index in [2.05, 4.69) is 4.98 Å². The Kier molecular flexibility index (Phi) is 5.56. The minimum atomic E-state index is -3.26. The van der Waals surface area contributed by atoms with Crippen LogP contribution in [-0.2, 0) is 21.2 Å². The maximum atomic E-state index is 12.2. The Morgan fingerprint density at radius 1 is 1.23 bits per heavy atom. The lowest BCUT2D eigenvalue weighted by Gasteiger charge is -2.17. The molecule has 26 heavy (non-hydrogen) atoms. The second-order valence-corrected chi connectivity index (χ2v) is 8.31. The number of hydrogen-bond acceptors (Lipinski definition) is 5. The van der Waals surface area contributed by atoms with Gasteiger partial charge < -0.3 is 4.74 Å². The molecule has 1 aliphatic rings. The van der Waals surface area contributed by atoms with Crippen molar-refractivity contribution in [2.24, 2.45) is 0 Å². The summed E-state index contributed by atoms with van der Waals surface area (Å²) in [5.41, 5.74) is 2.81. The first-order valence-electron chi connectivity index (χ1n) is 8.66. The predicted octanol–water partition coefficient (Wildman–Crippen LogP) is 2.72. The molecule has 0 spiro atoms. The van der Waals surface area contributed by atoms with Gasteiger partial charge in [-0.25, -0.2) is 13.2 Å². The Morgan fingerprint density at radius 2 is 2.04 bits per heavy atom. The third kappa shape index (κ3) is 4.40. The molecule has 0 amide bonds. The number of benzene rings is 1. The number of carbonyl (C=O) groups excluding carboxylic acids is 1. The summed E-state index contributed by atoms with van der Waals surface area (Å²) in [5, 5.41) is 0. The third-order valence-electron chi connectivity index (χ3n) is 4.23. The van der Waals surface area contributed by atoms with Gasteiger partial charge in [-0.05, 0) is 56.5 Å². The Labute approximate surface area is 153 Å². The summed E-state index contributed by atoms with van der Waals surface area (Å²) >= 11 is 0. The van der Waals surface area contributed by atoms with E-state index in [1.807, 2.05) is 25.1 Å². The first-order valence-corrected chi connectivity index (χ1v) is 10.3. The molecular weight excluding hydrogens is 352 g/mol. The molecular formula is C19H22N2O4S. The molecule has 0 bridgehead atoms. The van der Waals surface area contributed by atoms with Crippen molar-refractivity contribution in [3.05, 3.63) is 59.4 Å². The molecule has 1 aromatic carbocycles. The van der Waals surface area contributed by atoms with Crippen LogP contribution in [0.4, 0.5) is 5.69 Å². The van der Waals surface area contributed by atoms with Crippen LogP contribution >= 0.6 is 0 Å². The minimum absolute atomic E-state index is 0.147. The van der Waals surface area contributed by atoms with Crippen molar-refractivity contribution in [3.63, 3.8) is 0 Å².